The Morgan fingerprint density at radius 2 is 1.75 bits per heavy atom. The van der Waals surface area contributed by atoms with Gasteiger partial charge < -0.3 is 4.90 Å². The van der Waals surface area contributed by atoms with Gasteiger partial charge in [-0.05, 0) is 106 Å². The Morgan fingerprint density at radius 1 is 1.14 bits per heavy atom. The van der Waals surface area contributed by atoms with Gasteiger partial charge in [0.1, 0.15) is 0 Å². The molecule has 0 heterocycles. The molecular formula is C32H44Cl2N2. The van der Waals surface area contributed by atoms with Crippen LogP contribution in [0.2, 0.25) is 10.0 Å². The molecule has 1 fully saturated rings. The van der Waals surface area contributed by atoms with Gasteiger partial charge in [0.2, 0.25) is 0 Å². The summed E-state index contributed by atoms with van der Waals surface area (Å²) in [5.41, 5.74) is 5.08. The standard InChI is InChI=1S/C24H31Cl2N.C4H5N.C4H8/c1-5-27(4)15-22-17(3)7-13-21(20-12-6-16(2)14-23(20)26)24(22)18-8-10-19(25)11-9-18;1-2-3-4-5;1-4(2)3/h6,8-12,14,17,21-22,24H,5,7,13,15H2,1-4H3;2H,1,3H2;1H2,2-3H3. The molecule has 0 spiro atoms. The maximum absolute atomic E-state index is 7.74. The molecule has 36 heavy (non-hydrogen) atoms. The van der Waals surface area contributed by atoms with Crippen molar-refractivity contribution >= 4 is 23.2 Å². The Balaban J connectivity index is 0.000000620. The van der Waals surface area contributed by atoms with Gasteiger partial charge in [-0.1, -0.05) is 73.0 Å². The Labute approximate surface area is 230 Å². The van der Waals surface area contributed by atoms with Crippen LogP contribution in [-0.4, -0.2) is 25.0 Å². The van der Waals surface area contributed by atoms with Gasteiger partial charge in [-0.2, -0.15) is 5.26 Å². The van der Waals surface area contributed by atoms with Crippen LogP contribution in [0.4, 0.5) is 0 Å². The summed E-state index contributed by atoms with van der Waals surface area (Å²) in [6.07, 6.45) is 4.46. The van der Waals surface area contributed by atoms with Gasteiger partial charge in [0, 0.05) is 16.6 Å². The molecule has 4 heteroatoms. The average Bonchev–Trinajstić information content (AvgIpc) is 2.82. The van der Waals surface area contributed by atoms with Gasteiger partial charge in [0.25, 0.3) is 0 Å². The molecule has 0 radical (unpaired) electrons. The molecule has 4 atom stereocenters. The summed E-state index contributed by atoms with van der Waals surface area (Å²) in [6.45, 7) is 19.8. The van der Waals surface area contributed by atoms with Gasteiger partial charge in [0.05, 0.1) is 12.5 Å². The van der Waals surface area contributed by atoms with Crippen LogP contribution in [0, 0.1) is 30.1 Å². The van der Waals surface area contributed by atoms with E-state index in [1.54, 1.807) is 6.08 Å². The maximum atomic E-state index is 7.74. The zero-order valence-corrected chi connectivity index (χ0v) is 24.5. The Kier molecular flexibility index (Phi) is 14.8. The van der Waals surface area contributed by atoms with Crippen LogP contribution in [0.3, 0.4) is 0 Å². The van der Waals surface area contributed by atoms with E-state index in [1.807, 2.05) is 32.0 Å². The van der Waals surface area contributed by atoms with Gasteiger partial charge in [0.15, 0.2) is 0 Å². The van der Waals surface area contributed by atoms with Crippen molar-refractivity contribution in [3.8, 4) is 6.07 Å². The molecule has 0 amide bonds. The smallest absolute Gasteiger partial charge is 0.0663 e. The number of rotatable bonds is 6. The zero-order chi connectivity index (χ0) is 27.3. The highest BCUT2D eigenvalue weighted by atomic mass is 35.5. The minimum atomic E-state index is 0.450. The van der Waals surface area contributed by atoms with Crippen molar-refractivity contribution < 1.29 is 0 Å². The van der Waals surface area contributed by atoms with Crippen molar-refractivity contribution in [3.63, 3.8) is 0 Å². The Hall–Kier alpha value is -2.05. The quantitative estimate of drug-likeness (QED) is 0.350. The van der Waals surface area contributed by atoms with E-state index in [0.717, 1.165) is 23.1 Å². The summed E-state index contributed by atoms with van der Waals surface area (Å²) in [5.74, 6) is 2.21. The highest BCUT2D eigenvalue weighted by molar-refractivity contribution is 6.31. The second-order valence-electron chi connectivity index (χ2n) is 10.1. The van der Waals surface area contributed by atoms with Crippen molar-refractivity contribution in [3.05, 3.63) is 94.0 Å². The summed E-state index contributed by atoms with van der Waals surface area (Å²) in [5, 5.41) is 9.46. The van der Waals surface area contributed by atoms with E-state index in [0.29, 0.717) is 30.1 Å². The summed E-state index contributed by atoms with van der Waals surface area (Å²) in [6, 6.07) is 17.0. The molecule has 0 bridgehead atoms. The number of benzene rings is 2. The van der Waals surface area contributed by atoms with Gasteiger partial charge in [-0.15, -0.1) is 13.2 Å². The number of allylic oxidation sites excluding steroid dienone is 2. The minimum Gasteiger partial charge on any atom is -0.306 e. The number of aryl methyl sites for hydroxylation is 1. The molecule has 0 N–H and O–H groups in total. The summed E-state index contributed by atoms with van der Waals surface area (Å²) < 4.78 is 0. The predicted molar refractivity (Wildman–Crippen MR) is 159 cm³/mol. The molecule has 1 aliphatic rings. The zero-order valence-electron chi connectivity index (χ0n) is 23.0. The molecule has 1 aliphatic carbocycles. The van der Waals surface area contributed by atoms with Crippen LogP contribution in [0.5, 0.6) is 0 Å². The Morgan fingerprint density at radius 3 is 2.22 bits per heavy atom. The lowest BCUT2D eigenvalue weighted by Gasteiger charge is -2.44. The molecule has 196 valence electrons. The fourth-order valence-electron chi connectivity index (χ4n) is 4.78. The fraction of sp³-hybridized carbons (Fsp3) is 0.469. The van der Waals surface area contributed by atoms with E-state index < -0.39 is 0 Å². The molecule has 2 aromatic rings. The molecule has 3 rings (SSSR count). The first-order valence-corrected chi connectivity index (χ1v) is 13.6. The Bertz CT molecular complexity index is 986. The van der Waals surface area contributed by atoms with Crippen molar-refractivity contribution in [2.45, 2.75) is 65.7 Å². The fourth-order valence-corrected chi connectivity index (χ4v) is 5.28. The SMILES string of the molecule is C=C(C)C.C=CCC#N.CCN(C)CC1C(C)CCC(c2ccc(C)cc2Cl)C1c1ccc(Cl)cc1. The first kappa shape index (κ1) is 32.0. The second kappa shape index (κ2) is 16.6. The third kappa shape index (κ3) is 10.5. The van der Waals surface area contributed by atoms with E-state index >= 15 is 0 Å². The summed E-state index contributed by atoms with van der Waals surface area (Å²) in [7, 11) is 2.23. The number of hydrogen-bond donors (Lipinski definition) is 0. The third-order valence-corrected chi connectivity index (χ3v) is 7.25. The topological polar surface area (TPSA) is 27.0 Å². The molecule has 4 unspecified atom stereocenters. The molecular weight excluding hydrogens is 483 g/mol. The lowest BCUT2D eigenvalue weighted by atomic mass is 9.62. The predicted octanol–water partition coefficient (Wildman–Crippen LogP) is 9.84. The van der Waals surface area contributed by atoms with E-state index in [2.05, 4.69) is 76.2 Å². The van der Waals surface area contributed by atoms with Crippen LogP contribution in [0.1, 0.15) is 75.5 Å². The van der Waals surface area contributed by atoms with Crippen molar-refractivity contribution in [2.24, 2.45) is 11.8 Å². The number of hydrogen-bond acceptors (Lipinski definition) is 2. The molecule has 2 aromatic carbocycles. The first-order valence-electron chi connectivity index (χ1n) is 12.9. The van der Waals surface area contributed by atoms with Gasteiger partial charge >= 0.3 is 0 Å². The molecule has 0 aromatic heterocycles. The lowest BCUT2D eigenvalue weighted by molar-refractivity contribution is 0.143. The van der Waals surface area contributed by atoms with Crippen LogP contribution < -0.4 is 0 Å². The number of nitrogens with zero attached hydrogens (tertiary/aromatic N) is 2. The van der Waals surface area contributed by atoms with Crippen LogP contribution in [0.25, 0.3) is 0 Å². The van der Waals surface area contributed by atoms with E-state index in [-0.39, 0.29) is 0 Å². The van der Waals surface area contributed by atoms with Crippen molar-refractivity contribution in [1.29, 1.82) is 5.26 Å². The molecule has 2 nitrogen and oxygen atoms in total. The summed E-state index contributed by atoms with van der Waals surface area (Å²) >= 11 is 12.9. The number of halogens is 2. The average molecular weight is 528 g/mol. The minimum absolute atomic E-state index is 0.450. The molecule has 1 saturated carbocycles. The monoisotopic (exact) mass is 526 g/mol. The van der Waals surface area contributed by atoms with Crippen LogP contribution in [-0.2, 0) is 0 Å². The van der Waals surface area contributed by atoms with Gasteiger partial charge in [-0.3, -0.25) is 0 Å². The maximum Gasteiger partial charge on any atom is 0.0663 e. The molecule has 0 saturated heterocycles. The highest BCUT2D eigenvalue weighted by Gasteiger charge is 2.40. The van der Waals surface area contributed by atoms with E-state index in [4.69, 9.17) is 28.5 Å². The largest absolute Gasteiger partial charge is 0.306 e. The lowest BCUT2D eigenvalue weighted by Crippen LogP contribution is -2.38. The van der Waals surface area contributed by atoms with Crippen molar-refractivity contribution in [1.82, 2.24) is 4.90 Å². The van der Waals surface area contributed by atoms with E-state index in [9.17, 15) is 0 Å². The van der Waals surface area contributed by atoms with E-state index in [1.165, 1.54) is 35.1 Å². The number of nitriles is 1. The normalized spacial score (nSPS) is 20.8. The highest BCUT2D eigenvalue weighted by Crippen LogP contribution is 2.51. The van der Waals surface area contributed by atoms with Gasteiger partial charge in [-0.25, -0.2) is 0 Å². The summed E-state index contributed by atoms with van der Waals surface area (Å²) in [4.78, 5) is 2.45. The van der Waals surface area contributed by atoms with Crippen LogP contribution in [0.15, 0.2) is 67.3 Å². The third-order valence-electron chi connectivity index (χ3n) is 6.67. The first-order chi connectivity index (χ1) is 17.0. The second-order valence-corrected chi connectivity index (χ2v) is 11.0. The van der Waals surface area contributed by atoms with Crippen molar-refractivity contribution in [2.75, 3.05) is 20.1 Å². The van der Waals surface area contributed by atoms with Crippen LogP contribution >= 0.6 is 23.2 Å². The molecule has 0 aliphatic heterocycles.